The van der Waals surface area contributed by atoms with Crippen LogP contribution in [-0.2, 0) is 0 Å². The molecule has 0 aromatic rings. The maximum atomic E-state index is 2.63. The van der Waals surface area contributed by atoms with Crippen LogP contribution in [0.5, 0.6) is 0 Å². The SMILES string of the molecule is C.C.C.C.CC1CC2CCC(C1)N2C.CC1CC2CCC(C1)N2C.CC1CC2CCCC(C1)N2C.CC1CC2CCCC(C1)N2C. The molecule has 0 N–H and O–H groups in total. The fraction of sp³-hybridized carbons (Fsp3) is 1.00. The number of rotatable bonds is 0. The molecule has 4 nitrogen and oxygen atoms in total. The molecule has 46 heavy (non-hydrogen) atoms. The minimum atomic E-state index is 0. The Labute approximate surface area is 292 Å². The van der Waals surface area contributed by atoms with Crippen LogP contribution in [0.25, 0.3) is 0 Å². The van der Waals surface area contributed by atoms with Crippen LogP contribution in [0.2, 0.25) is 0 Å². The Morgan fingerprint density at radius 1 is 0.283 bits per heavy atom. The number of hydrogen-bond donors (Lipinski definition) is 0. The Kier molecular flexibility index (Phi) is 19.0. The van der Waals surface area contributed by atoms with Gasteiger partial charge < -0.3 is 19.6 Å². The molecule has 0 saturated carbocycles. The third kappa shape index (κ3) is 10.9. The summed E-state index contributed by atoms with van der Waals surface area (Å²) in [6.07, 6.45) is 26.2. The zero-order chi connectivity index (χ0) is 30.0. The highest BCUT2D eigenvalue weighted by Crippen LogP contribution is 2.38. The second-order valence-corrected chi connectivity index (χ2v) is 17.2. The molecule has 8 fully saturated rings. The largest absolute Gasteiger partial charge is 0.300 e. The third-order valence-electron chi connectivity index (χ3n) is 13.8. The summed E-state index contributed by atoms with van der Waals surface area (Å²) in [4.78, 5) is 10.5. The Hall–Kier alpha value is -0.160. The summed E-state index contributed by atoms with van der Waals surface area (Å²) in [6.45, 7) is 9.63. The van der Waals surface area contributed by atoms with Gasteiger partial charge in [-0.05, 0) is 155 Å². The van der Waals surface area contributed by atoms with Gasteiger partial charge in [-0.25, -0.2) is 0 Å². The summed E-state index contributed by atoms with van der Waals surface area (Å²) in [7, 11) is 9.24. The zero-order valence-electron chi connectivity index (χ0n) is 29.4. The van der Waals surface area contributed by atoms with Crippen molar-refractivity contribution in [3.8, 4) is 0 Å². The second kappa shape index (κ2) is 19.9. The maximum Gasteiger partial charge on any atom is 0.00982 e. The lowest BCUT2D eigenvalue weighted by molar-refractivity contribution is 0.0415. The van der Waals surface area contributed by atoms with Gasteiger partial charge in [0, 0.05) is 48.3 Å². The van der Waals surface area contributed by atoms with Gasteiger partial charge in [-0.15, -0.1) is 0 Å². The van der Waals surface area contributed by atoms with Crippen LogP contribution < -0.4 is 0 Å². The van der Waals surface area contributed by atoms with Crippen LogP contribution in [0, 0.1) is 23.7 Å². The van der Waals surface area contributed by atoms with Crippen LogP contribution in [0.3, 0.4) is 0 Å². The van der Waals surface area contributed by atoms with Gasteiger partial charge in [0.25, 0.3) is 0 Å². The first-order valence-corrected chi connectivity index (χ1v) is 19.0. The molecule has 276 valence electrons. The summed E-state index contributed by atoms with van der Waals surface area (Å²) in [6, 6.07) is 7.47. The van der Waals surface area contributed by atoms with Crippen LogP contribution in [-0.4, -0.2) is 96.1 Å². The zero-order valence-corrected chi connectivity index (χ0v) is 29.4. The van der Waals surface area contributed by atoms with E-state index in [0.717, 1.165) is 72.0 Å². The van der Waals surface area contributed by atoms with Gasteiger partial charge in [-0.3, -0.25) is 0 Å². The van der Waals surface area contributed by atoms with Crippen molar-refractivity contribution in [1.82, 2.24) is 19.6 Å². The normalized spacial score (nSPS) is 42.8. The smallest absolute Gasteiger partial charge is 0.00982 e. The van der Waals surface area contributed by atoms with Crippen molar-refractivity contribution in [2.75, 3.05) is 28.2 Å². The lowest BCUT2D eigenvalue weighted by atomic mass is 9.80. The average Bonchev–Trinajstić information content (AvgIpc) is 3.25. The fourth-order valence-corrected chi connectivity index (χ4v) is 11.1. The average molecular weight is 649 g/mol. The molecule has 8 saturated heterocycles. The van der Waals surface area contributed by atoms with E-state index >= 15 is 0 Å². The molecule has 0 amide bonds. The van der Waals surface area contributed by atoms with E-state index in [4.69, 9.17) is 0 Å². The fourth-order valence-electron chi connectivity index (χ4n) is 11.1. The number of hydrogen-bond acceptors (Lipinski definition) is 4. The molecule has 8 bridgehead atoms. The topological polar surface area (TPSA) is 13.0 Å². The highest BCUT2D eigenvalue weighted by molar-refractivity contribution is 4.93. The molecular formula is C42H88N4. The third-order valence-corrected chi connectivity index (χ3v) is 13.8. The molecule has 0 spiro atoms. The lowest BCUT2D eigenvalue weighted by Gasteiger charge is -2.46. The summed E-state index contributed by atoms with van der Waals surface area (Å²) >= 11 is 0. The molecular weight excluding hydrogens is 560 g/mol. The van der Waals surface area contributed by atoms with Crippen molar-refractivity contribution in [2.45, 2.75) is 221 Å². The van der Waals surface area contributed by atoms with E-state index in [9.17, 15) is 0 Å². The van der Waals surface area contributed by atoms with Crippen LogP contribution in [0.1, 0.15) is 173 Å². The molecule has 0 aromatic carbocycles. The monoisotopic (exact) mass is 649 g/mol. The van der Waals surface area contributed by atoms with Gasteiger partial charge in [0.15, 0.2) is 0 Å². The molecule has 0 aliphatic carbocycles. The first-order chi connectivity index (χ1) is 20.1. The van der Waals surface area contributed by atoms with Gasteiger partial charge in [-0.1, -0.05) is 70.2 Å². The van der Waals surface area contributed by atoms with Gasteiger partial charge in [-0.2, -0.15) is 0 Å². The molecule has 8 unspecified atom stereocenters. The Bertz CT molecular complexity index is 695. The number of fused-ring (bicyclic) bond motifs is 8. The van der Waals surface area contributed by atoms with Crippen molar-refractivity contribution < 1.29 is 0 Å². The minimum Gasteiger partial charge on any atom is -0.300 e. The molecule has 0 radical (unpaired) electrons. The van der Waals surface area contributed by atoms with E-state index in [2.05, 4.69) is 75.5 Å². The Balaban J connectivity index is 0.000000298. The molecule has 8 atom stereocenters. The highest BCUT2D eigenvalue weighted by Gasteiger charge is 2.38. The number of piperidine rings is 6. The standard InChI is InChI=1S/2C10H19N.2C9H17N.4CH4/c2*1-8-6-9-4-3-5-10(7-8)11(9)2;2*1-7-5-8-3-4-9(6-7)10(8)2;;;;/h2*8-10H,3-7H2,1-2H3;2*7-9H,3-6H2,1-2H3;4*1H4. The first-order valence-electron chi connectivity index (χ1n) is 19.0. The van der Waals surface area contributed by atoms with Crippen molar-refractivity contribution >= 4 is 0 Å². The Morgan fingerprint density at radius 3 is 0.609 bits per heavy atom. The summed E-state index contributed by atoms with van der Waals surface area (Å²) in [5.41, 5.74) is 0. The lowest BCUT2D eigenvalue weighted by Crippen LogP contribution is -2.49. The molecule has 8 heterocycles. The summed E-state index contributed by atoms with van der Waals surface area (Å²) in [5.74, 6) is 3.96. The summed E-state index contributed by atoms with van der Waals surface area (Å²) in [5, 5.41) is 0. The van der Waals surface area contributed by atoms with Crippen LogP contribution in [0.15, 0.2) is 0 Å². The summed E-state index contributed by atoms with van der Waals surface area (Å²) < 4.78 is 0. The van der Waals surface area contributed by atoms with Crippen molar-refractivity contribution in [3.63, 3.8) is 0 Å². The van der Waals surface area contributed by atoms with Crippen LogP contribution >= 0.6 is 0 Å². The predicted molar refractivity (Wildman–Crippen MR) is 208 cm³/mol. The molecule has 8 aliphatic heterocycles. The van der Waals surface area contributed by atoms with Gasteiger partial charge in [0.05, 0.1) is 0 Å². The van der Waals surface area contributed by atoms with Crippen molar-refractivity contribution in [2.24, 2.45) is 23.7 Å². The quantitative estimate of drug-likeness (QED) is 0.259. The van der Waals surface area contributed by atoms with Gasteiger partial charge in [0.1, 0.15) is 0 Å². The predicted octanol–water partition coefficient (Wildman–Crippen LogP) is 10.8. The first kappa shape index (κ1) is 43.9. The molecule has 8 rings (SSSR count). The van der Waals surface area contributed by atoms with Gasteiger partial charge in [0.2, 0.25) is 0 Å². The molecule has 4 heteroatoms. The van der Waals surface area contributed by atoms with Crippen molar-refractivity contribution in [3.05, 3.63) is 0 Å². The van der Waals surface area contributed by atoms with E-state index in [1.54, 1.807) is 0 Å². The van der Waals surface area contributed by atoms with E-state index in [1.165, 1.54) is 116 Å². The Morgan fingerprint density at radius 2 is 0.435 bits per heavy atom. The minimum absolute atomic E-state index is 0. The van der Waals surface area contributed by atoms with E-state index < -0.39 is 0 Å². The van der Waals surface area contributed by atoms with E-state index in [0.29, 0.717) is 0 Å². The van der Waals surface area contributed by atoms with Crippen molar-refractivity contribution in [1.29, 1.82) is 0 Å². The van der Waals surface area contributed by atoms with Gasteiger partial charge >= 0.3 is 0 Å². The maximum absolute atomic E-state index is 2.63. The van der Waals surface area contributed by atoms with Crippen LogP contribution in [0.4, 0.5) is 0 Å². The van der Waals surface area contributed by atoms with E-state index in [-0.39, 0.29) is 29.7 Å². The molecule has 0 aromatic heterocycles. The second-order valence-electron chi connectivity index (χ2n) is 17.2. The highest BCUT2D eigenvalue weighted by atomic mass is 15.2. The number of nitrogens with zero attached hydrogens (tertiary/aromatic N) is 4. The van der Waals surface area contributed by atoms with E-state index in [1.807, 2.05) is 0 Å². The molecule has 8 aliphatic rings.